The molecular formula is C34H44N4O10. The number of carbonyl (C=O) groups excluding carboxylic acids is 5. The zero-order valence-corrected chi connectivity index (χ0v) is 28.4. The minimum atomic E-state index is -1.04. The summed E-state index contributed by atoms with van der Waals surface area (Å²) >= 11 is 0. The molecule has 0 aromatic carbocycles. The number of fused-ring (bicyclic) bond motifs is 2. The van der Waals surface area contributed by atoms with Crippen molar-refractivity contribution < 1.29 is 47.8 Å². The first-order valence-electron chi connectivity index (χ1n) is 15.4. The van der Waals surface area contributed by atoms with Gasteiger partial charge in [0, 0.05) is 37.4 Å². The number of aromatic nitrogens is 1. The Hall–Kier alpha value is -4.66. The third-order valence-corrected chi connectivity index (χ3v) is 8.29. The van der Waals surface area contributed by atoms with E-state index in [1.54, 1.807) is 46.8 Å². The number of aryl methyl sites for hydroxylation is 2. The van der Waals surface area contributed by atoms with Gasteiger partial charge in [0.05, 0.1) is 29.3 Å². The number of methoxy groups -OCH3 is 2. The highest BCUT2D eigenvalue weighted by Gasteiger charge is 2.35. The van der Waals surface area contributed by atoms with Crippen LogP contribution in [0.2, 0.25) is 0 Å². The van der Waals surface area contributed by atoms with Crippen molar-refractivity contribution in [1.29, 1.82) is 0 Å². The number of rotatable bonds is 5. The Morgan fingerprint density at radius 3 is 2.38 bits per heavy atom. The van der Waals surface area contributed by atoms with Gasteiger partial charge in [0.25, 0.3) is 11.8 Å². The van der Waals surface area contributed by atoms with Crippen molar-refractivity contribution in [2.45, 2.75) is 78.8 Å². The SMILES string of the molecule is CO[C@@H]1/C=C\C=C(\C)C(=O)NC2=CC(=O)C(NC(=O)c3c(C)noc3C)=C(C[C@@H](C)C[C@@H](OC)[C@@H](O)[C@@H](C)/C=C(/C)[C@H]1OC(N)=O)C2=O. The average molecular weight is 669 g/mol. The van der Waals surface area contributed by atoms with Gasteiger partial charge in [0.15, 0.2) is 6.10 Å². The van der Waals surface area contributed by atoms with Crippen LogP contribution in [0.3, 0.4) is 0 Å². The van der Waals surface area contributed by atoms with E-state index in [4.69, 9.17) is 24.5 Å². The number of allylic oxidation sites excluding steroid dienone is 4. The van der Waals surface area contributed by atoms with Crippen molar-refractivity contribution in [3.63, 3.8) is 0 Å². The molecule has 3 rings (SSSR count). The molecule has 14 heteroatoms. The molecule has 5 N–H and O–H groups in total. The third kappa shape index (κ3) is 9.02. The fourth-order valence-corrected chi connectivity index (χ4v) is 5.70. The molecule has 1 aromatic heterocycles. The fourth-order valence-electron chi connectivity index (χ4n) is 5.70. The summed E-state index contributed by atoms with van der Waals surface area (Å²) in [6.45, 7) is 9.91. The monoisotopic (exact) mass is 668 g/mol. The van der Waals surface area contributed by atoms with Crippen LogP contribution < -0.4 is 16.4 Å². The molecule has 2 aliphatic rings. The quantitative estimate of drug-likeness (QED) is 0.265. The zero-order valence-electron chi connectivity index (χ0n) is 28.4. The molecule has 0 radical (unpaired) electrons. The second kappa shape index (κ2) is 16.4. The highest BCUT2D eigenvalue weighted by Crippen LogP contribution is 2.29. The summed E-state index contributed by atoms with van der Waals surface area (Å²) in [5.41, 5.74) is 5.99. The number of hydrogen-bond acceptors (Lipinski definition) is 11. The lowest BCUT2D eigenvalue weighted by atomic mass is 9.85. The van der Waals surface area contributed by atoms with Crippen LogP contribution in [0, 0.1) is 25.7 Å². The van der Waals surface area contributed by atoms with Gasteiger partial charge in [-0.15, -0.1) is 0 Å². The second-order valence-corrected chi connectivity index (χ2v) is 12.1. The lowest BCUT2D eigenvalue weighted by molar-refractivity contribution is -0.120. The number of carbonyl (C=O) groups is 5. The maximum atomic E-state index is 13.9. The number of ether oxygens (including phenoxy) is 3. The summed E-state index contributed by atoms with van der Waals surface area (Å²) in [7, 11) is 2.85. The minimum absolute atomic E-state index is 0.00751. The van der Waals surface area contributed by atoms with Gasteiger partial charge >= 0.3 is 6.09 Å². The normalized spacial score (nSPS) is 29.2. The number of amides is 3. The molecule has 6 atom stereocenters. The highest BCUT2D eigenvalue weighted by atomic mass is 16.6. The van der Waals surface area contributed by atoms with Gasteiger partial charge in [0.1, 0.15) is 17.4 Å². The Morgan fingerprint density at radius 2 is 1.79 bits per heavy atom. The van der Waals surface area contributed by atoms with Gasteiger partial charge in [-0.2, -0.15) is 0 Å². The molecule has 14 nitrogen and oxygen atoms in total. The van der Waals surface area contributed by atoms with Gasteiger partial charge in [-0.05, 0) is 52.0 Å². The van der Waals surface area contributed by atoms with Crippen LogP contribution in [0.1, 0.15) is 62.3 Å². The molecule has 0 spiro atoms. The fraction of sp³-hybridized carbons (Fsp3) is 0.471. The molecule has 2 bridgehead atoms. The van der Waals surface area contributed by atoms with Crippen LogP contribution >= 0.6 is 0 Å². The van der Waals surface area contributed by atoms with Gasteiger partial charge in [0.2, 0.25) is 11.6 Å². The zero-order chi connectivity index (χ0) is 35.9. The molecule has 0 unspecified atom stereocenters. The summed E-state index contributed by atoms with van der Waals surface area (Å²) in [5.74, 6) is -3.33. The molecule has 0 saturated carbocycles. The van der Waals surface area contributed by atoms with E-state index in [0.29, 0.717) is 11.3 Å². The minimum Gasteiger partial charge on any atom is -0.439 e. The molecule has 1 aliphatic heterocycles. The van der Waals surface area contributed by atoms with Crippen molar-refractivity contribution in [2.24, 2.45) is 17.6 Å². The molecule has 2 heterocycles. The van der Waals surface area contributed by atoms with Crippen LogP contribution in [0.4, 0.5) is 4.79 Å². The van der Waals surface area contributed by atoms with E-state index in [9.17, 15) is 29.1 Å². The number of primary amides is 1. The molecular weight excluding hydrogens is 624 g/mol. The number of ketones is 2. The number of Topliss-reactive ketones (excluding diaryl/α,β-unsaturated/α-hetero) is 1. The number of hydrogen-bond donors (Lipinski definition) is 4. The Bertz CT molecular complexity index is 1580. The van der Waals surface area contributed by atoms with Crippen molar-refractivity contribution in [3.8, 4) is 0 Å². The summed E-state index contributed by atoms with van der Waals surface area (Å²) < 4.78 is 21.7. The molecule has 1 aromatic rings. The van der Waals surface area contributed by atoms with Crippen LogP contribution in [0.15, 0.2) is 63.0 Å². The Balaban J connectivity index is 2.11. The Morgan fingerprint density at radius 1 is 1.10 bits per heavy atom. The maximum absolute atomic E-state index is 13.9. The largest absolute Gasteiger partial charge is 0.439 e. The van der Waals surface area contributed by atoms with E-state index >= 15 is 0 Å². The number of nitrogens with two attached hydrogens (primary N) is 1. The number of aliphatic hydroxyl groups is 1. The first-order chi connectivity index (χ1) is 22.6. The van der Waals surface area contributed by atoms with Crippen LogP contribution in [0.25, 0.3) is 0 Å². The number of nitrogens with one attached hydrogen (secondary N) is 2. The first kappa shape index (κ1) is 37.8. The molecule has 48 heavy (non-hydrogen) atoms. The number of nitrogens with zero attached hydrogens (tertiary/aromatic N) is 1. The average Bonchev–Trinajstić information content (AvgIpc) is 3.37. The first-order valence-corrected chi connectivity index (χ1v) is 15.4. The van der Waals surface area contributed by atoms with E-state index in [2.05, 4.69) is 15.8 Å². The third-order valence-electron chi connectivity index (χ3n) is 8.29. The molecule has 260 valence electrons. The van der Waals surface area contributed by atoms with Crippen molar-refractivity contribution in [1.82, 2.24) is 15.8 Å². The summed E-state index contributed by atoms with van der Waals surface area (Å²) in [6.07, 6.45) is 2.86. The van der Waals surface area contributed by atoms with Crippen LogP contribution in [-0.2, 0) is 28.6 Å². The lowest BCUT2D eigenvalue weighted by Crippen LogP contribution is -2.38. The molecule has 1 aliphatic carbocycles. The summed E-state index contributed by atoms with van der Waals surface area (Å²) in [4.78, 5) is 65.5. The van der Waals surface area contributed by atoms with Crippen LogP contribution in [-0.4, -0.2) is 78.4 Å². The van der Waals surface area contributed by atoms with Crippen molar-refractivity contribution in [2.75, 3.05) is 14.2 Å². The summed E-state index contributed by atoms with van der Waals surface area (Å²) in [5, 5.41) is 20.2. The van der Waals surface area contributed by atoms with Crippen molar-refractivity contribution >= 4 is 29.5 Å². The Kier molecular flexibility index (Phi) is 12.9. The van der Waals surface area contributed by atoms with E-state index < -0.39 is 59.8 Å². The highest BCUT2D eigenvalue weighted by molar-refractivity contribution is 6.24. The molecule has 3 amide bonds. The van der Waals surface area contributed by atoms with Crippen LogP contribution in [0.5, 0.6) is 0 Å². The van der Waals surface area contributed by atoms with E-state index in [1.807, 2.05) is 0 Å². The van der Waals surface area contributed by atoms with Gasteiger partial charge in [-0.1, -0.05) is 43.3 Å². The topological polar surface area (TPSA) is 209 Å². The molecule has 0 fully saturated rings. The predicted octanol–water partition coefficient (Wildman–Crippen LogP) is 2.80. The van der Waals surface area contributed by atoms with Gasteiger partial charge in [-0.25, -0.2) is 4.79 Å². The maximum Gasteiger partial charge on any atom is 0.405 e. The summed E-state index contributed by atoms with van der Waals surface area (Å²) in [6, 6.07) is 0. The Labute approximate surface area is 279 Å². The predicted molar refractivity (Wildman–Crippen MR) is 173 cm³/mol. The standard InChI is InChI=1S/C34H44N4O10/c1-16-12-22-28(37-33(43)27-20(5)38-48-21(27)6)24(39)15-23(30(22)41)36-32(42)17(2)10-9-11-25(45-7)31(47-34(35)44)19(4)14-18(3)29(40)26(13-16)46-8/h9-11,14-16,18,25-26,29,31,40H,12-13H2,1-8H3,(H2,35,44)(H,36,42)(H,37,43)/b11-9-,17-10-,19-14-/t16-,18+,25-,26-,29+,31-/m1/s1. The number of aliphatic hydroxyl groups excluding tert-OH is 1. The van der Waals surface area contributed by atoms with Gasteiger partial charge in [-0.3, -0.25) is 19.2 Å². The second-order valence-electron chi connectivity index (χ2n) is 12.1. The van der Waals surface area contributed by atoms with E-state index in [1.165, 1.54) is 33.3 Å². The molecule has 0 saturated heterocycles. The lowest BCUT2D eigenvalue weighted by Gasteiger charge is -2.30. The van der Waals surface area contributed by atoms with E-state index in [0.717, 1.165) is 6.08 Å². The van der Waals surface area contributed by atoms with Gasteiger partial charge < -0.3 is 40.2 Å². The smallest absolute Gasteiger partial charge is 0.405 e. The van der Waals surface area contributed by atoms with Crippen molar-refractivity contribution in [3.05, 3.63) is 75.5 Å². The van der Waals surface area contributed by atoms with E-state index in [-0.39, 0.29) is 52.6 Å².